The van der Waals surface area contributed by atoms with Crippen LogP contribution in [0.4, 0.5) is 10.9 Å². The van der Waals surface area contributed by atoms with Crippen molar-refractivity contribution in [2.75, 3.05) is 16.8 Å². The maximum Gasteiger partial charge on any atom is 0.259 e. The fourth-order valence-corrected chi connectivity index (χ4v) is 3.53. The fourth-order valence-electron chi connectivity index (χ4n) is 3.09. The first-order chi connectivity index (χ1) is 12.2. The van der Waals surface area contributed by atoms with Crippen LogP contribution in [-0.4, -0.2) is 37.4 Å². The van der Waals surface area contributed by atoms with Crippen molar-refractivity contribution in [3.05, 3.63) is 47.4 Å². The molecule has 0 radical (unpaired) electrons. The van der Waals surface area contributed by atoms with Crippen LogP contribution in [0, 0.1) is 0 Å². The molecule has 1 atom stereocenters. The Labute approximate surface area is 148 Å². The normalized spacial score (nSPS) is 17.0. The molecule has 1 N–H and O–H groups in total. The van der Waals surface area contributed by atoms with Gasteiger partial charge in [0, 0.05) is 31.5 Å². The lowest BCUT2D eigenvalue weighted by atomic mass is 10.1. The molecule has 1 unspecified atom stereocenters. The number of anilines is 2. The van der Waals surface area contributed by atoms with E-state index in [1.54, 1.807) is 17.8 Å². The van der Waals surface area contributed by atoms with Gasteiger partial charge in [-0.15, -0.1) is 10.2 Å². The minimum absolute atomic E-state index is 0.235. The highest BCUT2D eigenvalue weighted by atomic mass is 32.1. The molecule has 1 amide bonds. The zero-order valence-corrected chi connectivity index (χ0v) is 14.5. The van der Waals surface area contributed by atoms with E-state index in [0.717, 1.165) is 25.2 Å². The van der Waals surface area contributed by atoms with E-state index in [4.69, 9.17) is 0 Å². The predicted octanol–water partition coefficient (Wildman–Crippen LogP) is 2.26. The van der Waals surface area contributed by atoms with E-state index >= 15 is 0 Å². The minimum Gasteiger partial charge on any atom is -0.349 e. The standard InChI is InChI=1S/C16H17N7OS/c1-22-9-12(8-19-22)13-3-2-6-23(13)14-5-4-11(7-17-14)15(24)20-16-21-18-10-25-16/h4-5,7-10,13H,2-3,6H2,1H3,(H,20,21,24). The second-order valence-corrected chi connectivity index (χ2v) is 6.74. The highest BCUT2D eigenvalue weighted by Crippen LogP contribution is 2.34. The molecule has 1 aliphatic heterocycles. The van der Waals surface area contributed by atoms with Crippen LogP contribution in [0.15, 0.2) is 36.2 Å². The van der Waals surface area contributed by atoms with E-state index in [1.807, 2.05) is 30.2 Å². The van der Waals surface area contributed by atoms with Crippen molar-refractivity contribution < 1.29 is 4.79 Å². The summed E-state index contributed by atoms with van der Waals surface area (Å²) in [6.07, 6.45) is 7.75. The van der Waals surface area contributed by atoms with Crippen molar-refractivity contribution in [3.63, 3.8) is 0 Å². The van der Waals surface area contributed by atoms with Gasteiger partial charge in [-0.25, -0.2) is 4.98 Å². The number of pyridine rings is 1. The summed E-state index contributed by atoms with van der Waals surface area (Å²) in [5.74, 6) is 0.639. The lowest BCUT2D eigenvalue weighted by Gasteiger charge is -2.25. The van der Waals surface area contributed by atoms with Gasteiger partial charge in [-0.1, -0.05) is 11.3 Å². The fraction of sp³-hybridized carbons (Fsp3) is 0.312. The smallest absolute Gasteiger partial charge is 0.259 e. The van der Waals surface area contributed by atoms with E-state index in [-0.39, 0.29) is 11.9 Å². The Morgan fingerprint density at radius 2 is 2.28 bits per heavy atom. The number of aryl methyl sites for hydroxylation is 1. The maximum atomic E-state index is 12.2. The minimum atomic E-state index is -0.235. The Morgan fingerprint density at radius 1 is 1.36 bits per heavy atom. The number of aromatic nitrogens is 5. The molecule has 8 nitrogen and oxygen atoms in total. The van der Waals surface area contributed by atoms with Gasteiger partial charge in [0.1, 0.15) is 11.3 Å². The molecule has 9 heteroatoms. The summed E-state index contributed by atoms with van der Waals surface area (Å²) in [6.45, 7) is 0.947. The summed E-state index contributed by atoms with van der Waals surface area (Å²) >= 11 is 1.28. The van der Waals surface area contributed by atoms with Gasteiger partial charge in [-0.3, -0.25) is 14.8 Å². The van der Waals surface area contributed by atoms with Gasteiger partial charge < -0.3 is 4.90 Å². The number of nitrogens with one attached hydrogen (secondary N) is 1. The van der Waals surface area contributed by atoms with Crippen molar-refractivity contribution in [2.24, 2.45) is 7.05 Å². The lowest BCUT2D eigenvalue weighted by molar-refractivity contribution is 0.102. The number of nitrogens with zero attached hydrogens (tertiary/aromatic N) is 6. The third kappa shape index (κ3) is 3.22. The van der Waals surface area contributed by atoms with Gasteiger partial charge in [0.25, 0.3) is 5.91 Å². The second kappa shape index (κ2) is 6.60. The third-order valence-corrected chi connectivity index (χ3v) is 4.85. The van der Waals surface area contributed by atoms with Crippen LogP contribution in [0.2, 0.25) is 0 Å². The zero-order chi connectivity index (χ0) is 17.2. The Hall–Kier alpha value is -2.81. The second-order valence-electron chi connectivity index (χ2n) is 5.90. The Balaban J connectivity index is 1.50. The van der Waals surface area contributed by atoms with Crippen LogP contribution in [0.3, 0.4) is 0 Å². The summed E-state index contributed by atoms with van der Waals surface area (Å²) in [5.41, 5.74) is 3.26. The van der Waals surface area contributed by atoms with E-state index in [1.165, 1.54) is 16.9 Å². The van der Waals surface area contributed by atoms with Crippen LogP contribution in [0.5, 0.6) is 0 Å². The van der Waals surface area contributed by atoms with Gasteiger partial charge in [-0.05, 0) is 25.0 Å². The van der Waals surface area contributed by atoms with Crippen molar-refractivity contribution in [2.45, 2.75) is 18.9 Å². The SMILES string of the molecule is Cn1cc(C2CCCN2c2ccc(C(=O)Nc3nncs3)cn2)cn1. The molecule has 0 spiro atoms. The number of rotatable bonds is 4. The molecule has 3 aromatic heterocycles. The molecule has 1 aliphatic rings. The molecule has 25 heavy (non-hydrogen) atoms. The van der Waals surface area contributed by atoms with Gasteiger partial charge in [-0.2, -0.15) is 5.10 Å². The van der Waals surface area contributed by atoms with Crippen molar-refractivity contribution in [3.8, 4) is 0 Å². The van der Waals surface area contributed by atoms with Gasteiger partial charge >= 0.3 is 0 Å². The molecule has 1 fully saturated rings. The van der Waals surface area contributed by atoms with Crippen LogP contribution in [0.1, 0.15) is 34.8 Å². The van der Waals surface area contributed by atoms with Gasteiger partial charge in [0.2, 0.25) is 5.13 Å². The van der Waals surface area contributed by atoms with Crippen LogP contribution >= 0.6 is 11.3 Å². The van der Waals surface area contributed by atoms with Crippen molar-refractivity contribution in [1.82, 2.24) is 25.0 Å². The van der Waals surface area contributed by atoms with Gasteiger partial charge in [0.05, 0.1) is 17.8 Å². The molecular formula is C16H17N7OS. The molecular weight excluding hydrogens is 338 g/mol. The summed E-state index contributed by atoms with van der Waals surface area (Å²) in [5, 5.41) is 15.0. The largest absolute Gasteiger partial charge is 0.349 e. The highest BCUT2D eigenvalue weighted by Gasteiger charge is 2.28. The van der Waals surface area contributed by atoms with Crippen LogP contribution in [-0.2, 0) is 7.05 Å². The third-order valence-electron chi connectivity index (χ3n) is 4.25. The lowest BCUT2D eigenvalue weighted by Crippen LogP contribution is -2.23. The quantitative estimate of drug-likeness (QED) is 0.772. The molecule has 128 valence electrons. The molecule has 3 aromatic rings. The van der Waals surface area contributed by atoms with Crippen LogP contribution in [0.25, 0.3) is 0 Å². The molecule has 0 aliphatic carbocycles. The first-order valence-corrected chi connectivity index (χ1v) is 8.87. The maximum absolute atomic E-state index is 12.2. The van der Waals surface area contributed by atoms with E-state index in [0.29, 0.717) is 10.7 Å². The van der Waals surface area contributed by atoms with Gasteiger partial charge in [0.15, 0.2) is 0 Å². The predicted molar refractivity (Wildman–Crippen MR) is 94.6 cm³/mol. The molecule has 0 saturated carbocycles. The summed E-state index contributed by atoms with van der Waals surface area (Å²) in [4.78, 5) is 19.0. The van der Waals surface area contributed by atoms with Crippen molar-refractivity contribution in [1.29, 1.82) is 0 Å². The number of amides is 1. The zero-order valence-electron chi connectivity index (χ0n) is 13.7. The summed E-state index contributed by atoms with van der Waals surface area (Å²) < 4.78 is 1.82. The topological polar surface area (TPSA) is 88.8 Å². The molecule has 4 heterocycles. The first-order valence-electron chi connectivity index (χ1n) is 7.99. The van der Waals surface area contributed by atoms with E-state index < -0.39 is 0 Å². The number of carbonyl (C=O) groups excluding carboxylic acids is 1. The van der Waals surface area contributed by atoms with E-state index in [9.17, 15) is 4.79 Å². The Bertz CT molecular complexity index is 859. The first kappa shape index (κ1) is 15.7. The Kier molecular flexibility index (Phi) is 4.14. The average Bonchev–Trinajstić information content (AvgIpc) is 3.36. The number of hydrogen-bond donors (Lipinski definition) is 1. The number of carbonyl (C=O) groups is 1. The average molecular weight is 355 g/mol. The number of hydrogen-bond acceptors (Lipinski definition) is 7. The Morgan fingerprint density at radius 3 is 2.96 bits per heavy atom. The highest BCUT2D eigenvalue weighted by molar-refractivity contribution is 7.13. The monoisotopic (exact) mass is 355 g/mol. The molecule has 4 rings (SSSR count). The molecule has 0 aromatic carbocycles. The summed E-state index contributed by atoms with van der Waals surface area (Å²) in [6, 6.07) is 3.96. The van der Waals surface area contributed by atoms with E-state index in [2.05, 4.69) is 30.5 Å². The van der Waals surface area contributed by atoms with Crippen molar-refractivity contribution >= 4 is 28.2 Å². The molecule has 1 saturated heterocycles. The van der Waals surface area contributed by atoms with Crippen LogP contribution < -0.4 is 10.2 Å². The molecule has 0 bridgehead atoms. The summed E-state index contributed by atoms with van der Waals surface area (Å²) in [7, 11) is 1.92.